The van der Waals surface area contributed by atoms with Crippen LogP contribution in [0.5, 0.6) is 0 Å². The van der Waals surface area contributed by atoms with Crippen molar-refractivity contribution in [3.05, 3.63) is 106 Å². The quantitative estimate of drug-likeness (QED) is 0.322. The van der Waals surface area contributed by atoms with E-state index in [9.17, 15) is 4.79 Å². The van der Waals surface area contributed by atoms with Gasteiger partial charge in [-0.15, -0.1) is 0 Å². The first-order chi connectivity index (χ1) is 13.3. The molecule has 27 heavy (non-hydrogen) atoms. The lowest BCUT2D eigenvalue weighted by Gasteiger charge is -2.31. The van der Waals surface area contributed by atoms with E-state index in [0.717, 1.165) is 16.3 Å². The molecule has 0 radical (unpaired) electrons. The number of halogens is 1. The predicted molar refractivity (Wildman–Crippen MR) is 116 cm³/mol. The Kier molecular flexibility index (Phi) is 5.35. The summed E-state index contributed by atoms with van der Waals surface area (Å²) in [5, 5.41) is 0. The number of allylic oxidation sites excluding steroid dienone is 1. The molecule has 0 spiro atoms. The van der Waals surface area contributed by atoms with Crippen molar-refractivity contribution in [3.63, 3.8) is 0 Å². The summed E-state index contributed by atoms with van der Waals surface area (Å²) in [7, 11) is 0. The molecule has 1 aliphatic rings. The molecular formula is C25H21BrO. The minimum Gasteiger partial charge on any atom is -0.298 e. The van der Waals surface area contributed by atoms with Gasteiger partial charge in [-0.1, -0.05) is 89.1 Å². The zero-order valence-corrected chi connectivity index (χ0v) is 16.7. The van der Waals surface area contributed by atoms with Crippen LogP contribution in [0.1, 0.15) is 46.3 Å². The van der Waals surface area contributed by atoms with Gasteiger partial charge in [-0.05, 0) is 58.7 Å². The minimum absolute atomic E-state index is 0.580. The summed E-state index contributed by atoms with van der Waals surface area (Å²) in [6, 6.07) is 27.2. The second-order valence-corrected chi connectivity index (χ2v) is 7.94. The SMILES string of the molecule is O=Cc1ccc(C(=C(c2ccccc2)C2CCC2)c2ccc(Br)cc2)cc1. The van der Waals surface area contributed by atoms with Gasteiger partial charge in [0.1, 0.15) is 6.29 Å². The molecular weight excluding hydrogens is 396 g/mol. The number of benzene rings is 3. The highest BCUT2D eigenvalue weighted by molar-refractivity contribution is 9.10. The van der Waals surface area contributed by atoms with Crippen molar-refractivity contribution < 1.29 is 4.79 Å². The summed E-state index contributed by atoms with van der Waals surface area (Å²) < 4.78 is 1.08. The lowest BCUT2D eigenvalue weighted by atomic mass is 9.73. The number of aldehydes is 1. The number of hydrogen-bond donors (Lipinski definition) is 0. The van der Waals surface area contributed by atoms with Gasteiger partial charge in [-0.3, -0.25) is 4.79 Å². The van der Waals surface area contributed by atoms with Crippen molar-refractivity contribution in [1.29, 1.82) is 0 Å². The zero-order chi connectivity index (χ0) is 18.6. The monoisotopic (exact) mass is 416 g/mol. The van der Waals surface area contributed by atoms with Crippen LogP contribution < -0.4 is 0 Å². The van der Waals surface area contributed by atoms with Crippen LogP contribution in [0.3, 0.4) is 0 Å². The first kappa shape index (κ1) is 17.9. The van der Waals surface area contributed by atoms with Gasteiger partial charge in [0.15, 0.2) is 0 Å². The van der Waals surface area contributed by atoms with Gasteiger partial charge in [0, 0.05) is 10.0 Å². The molecule has 0 bridgehead atoms. The fourth-order valence-electron chi connectivity index (χ4n) is 3.72. The van der Waals surface area contributed by atoms with Gasteiger partial charge in [0.25, 0.3) is 0 Å². The Morgan fingerprint density at radius 3 is 1.89 bits per heavy atom. The van der Waals surface area contributed by atoms with Gasteiger partial charge in [0.2, 0.25) is 0 Å². The number of hydrogen-bond acceptors (Lipinski definition) is 1. The normalized spacial score (nSPS) is 15.0. The summed E-state index contributed by atoms with van der Waals surface area (Å²) in [6.07, 6.45) is 4.66. The van der Waals surface area contributed by atoms with E-state index in [-0.39, 0.29) is 0 Å². The van der Waals surface area contributed by atoms with Crippen LogP contribution in [0.15, 0.2) is 83.3 Å². The van der Waals surface area contributed by atoms with E-state index in [1.165, 1.54) is 41.5 Å². The van der Waals surface area contributed by atoms with E-state index in [0.29, 0.717) is 11.5 Å². The highest BCUT2D eigenvalue weighted by Gasteiger charge is 2.27. The van der Waals surface area contributed by atoms with Gasteiger partial charge in [0.05, 0.1) is 0 Å². The second kappa shape index (κ2) is 8.06. The smallest absolute Gasteiger partial charge is 0.150 e. The fourth-order valence-corrected chi connectivity index (χ4v) is 3.99. The summed E-state index contributed by atoms with van der Waals surface area (Å²) in [5.74, 6) is 0.580. The second-order valence-electron chi connectivity index (χ2n) is 7.03. The molecule has 0 amide bonds. The van der Waals surface area contributed by atoms with Crippen LogP contribution in [0.25, 0.3) is 11.1 Å². The molecule has 1 nitrogen and oxygen atoms in total. The predicted octanol–water partition coefficient (Wildman–Crippen LogP) is 7.02. The van der Waals surface area contributed by atoms with E-state index in [1.54, 1.807) is 0 Å². The summed E-state index contributed by atoms with van der Waals surface area (Å²) in [6.45, 7) is 0. The summed E-state index contributed by atoms with van der Waals surface area (Å²) in [5.41, 5.74) is 7.06. The highest BCUT2D eigenvalue weighted by atomic mass is 79.9. The van der Waals surface area contributed by atoms with Gasteiger partial charge in [-0.25, -0.2) is 0 Å². The van der Waals surface area contributed by atoms with Crippen LogP contribution in [-0.2, 0) is 0 Å². The van der Waals surface area contributed by atoms with Crippen LogP contribution >= 0.6 is 15.9 Å². The van der Waals surface area contributed by atoms with Crippen molar-refractivity contribution >= 4 is 33.4 Å². The molecule has 0 unspecified atom stereocenters. The standard InChI is InChI=1S/C25H21BrO/c26-23-15-13-22(14-16-23)25(21-11-9-18(17-27)10-12-21)24(20-7-4-8-20)19-5-2-1-3-6-19/h1-3,5-6,9-17,20H,4,7-8H2. The molecule has 2 heteroatoms. The lowest BCUT2D eigenvalue weighted by Crippen LogP contribution is -2.15. The molecule has 0 saturated heterocycles. The van der Waals surface area contributed by atoms with Crippen LogP contribution in [0.2, 0.25) is 0 Å². The molecule has 1 fully saturated rings. The number of carbonyl (C=O) groups excluding carboxylic acids is 1. The maximum absolute atomic E-state index is 11.1. The van der Waals surface area contributed by atoms with Crippen molar-refractivity contribution in [2.24, 2.45) is 5.92 Å². The largest absolute Gasteiger partial charge is 0.298 e. The van der Waals surface area contributed by atoms with Gasteiger partial charge in [-0.2, -0.15) is 0 Å². The zero-order valence-electron chi connectivity index (χ0n) is 15.1. The molecule has 0 N–H and O–H groups in total. The van der Waals surface area contributed by atoms with Crippen molar-refractivity contribution in [2.45, 2.75) is 19.3 Å². The minimum atomic E-state index is 0.580. The first-order valence-corrected chi connectivity index (χ1v) is 10.2. The Labute approximate surface area is 168 Å². The average Bonchev–Trinajstić information content (AvgIpc) is 2.68. The molecule has 3 aromatic rings. The molecule has 134 valence electrons. The van der Waals surface area contributed by atoms with Gasteiger partial charge >= 0.3 is 0 Å². The molecule has 0 heterocycles. The van der Waals surface area contributed by atoms with Crippen LogP contribution in [0, 0.1) is 5.92 Å². The summed E-state index contributed by atoms with van der Waals surface area (Å²) in [4.78, 5) is 11.1. The molecule has 3 aromatic carbocycles. The van der Waals surface area contributed by atoms with Crippen molar-refractivity contribution in [2.75, 3.05) is 0 Å². The molecule has 1 aliphatic carbocycles. The molecule has 4 rings (SSSR count). The Balaban J connectivity index is 1.97. The van der Waals surface area contributed by atoms with E-state index >= 15 is 0 Å². The van der Waals surface area contributed by atoms with Crippen molar-refractivity contribution in [1.82, 2.24) is 0 Å². The van der Waals surface area contributed by atoms with E-state index in [2.05, 4.69) is 82.7 Å². The third-order valence-corrected chi connectivity index (χ3v) is 5.86. The maximum atomic E-state index is 11.1. The average molecular weight is 417 g/mol. The number of rotatable bonds is 5. The van der Waals surface area contributed by atoms with Crippen LogP contribution in [-0.4, -0.2) is 6.29 Å². The van der Waals surface area contributed by atoms with Crippen LogP contribution in [0.4, 0.5) is 0 Å². The molecule has 0 aliphatic heterocycles. The Morgan fingerprint density at radius 2 is 1.37 bits per heavy atom. The fraction of sp³-hybridized carbons (Fsp3) is 0.160. The van der Waals surface area contributed by atoms with E-state index in [4.69, 9.17) is 0 Å². The Bertz CT molecular complexity index is 949. The number of carbonyl (C=O) groups is 1. The molecule has 1 saturated carbocycles. The van der Waals surface area contributed by atoms with E-state index in [1.807, 2.05) is 12.1 Å². The molecule has 0 atom stereocenters. The molecule has 0 aromatic heterocycles. The topological polar surface area (TPSA) is 17.1 Å². The van der Waals surface area contributed by atoms with E-state index < -0.39 is 0 Å². The Hall–Kier alpha value is -2.45. The van der Waals surface area contributed by atoms with Gasteiger partial charge < -0.3 is 0 Å². The first-order valence-electron chi connectivity index (χ1n) is 9.37. The third-order valence-electron chi connectivity index (χ3n) is 5.34. The Morgan fingerprint density at radius 1 is 0.778 bits per heavy atom. The highest BCUT2D eigenvalue weighted by Crippen LogP contribution is 2.45. The maximum Gasteiger partial charge on any atom is 0.150 e. The van der Waals surface area contributed by atoms with Crippen molar-refractivity contribution in [3.8, 4) is 0 Å². The lowest BCUT2D eigenvalue weighted by molar-refractivity contribution is 0.112. The third kappa shape index (κ3) is 3.81. The summed E-state index contributed by atoms with van der Waals surface area (Å²) >= 11 is 3.55.